The van der Waals surface area contributed by atoms with E-state index in [0.717, 1.165) is 12.8 Å². The van der Waals surface area contributed by atoms with Gasteiger partial charge < -0.3 is 20.1 Å². The van der Waals surface area contributed by atoms with Gasteiger partial charge in [0.05, 0.1) is 6.54 Å². The summed E-state index contributed by atoms with van der Waals surface area (Å²) in [6, 6.07) is 14.2. The molecule has 2 N–H and O–H groups in total. The molecule has 5 nitrogen and oxygen atoms in total. The second-order valence-corrected chi connectivity index (χ2v) is 7.21. The lowest BCUT2D eigenvalue weighted by Gasteiger charge is -2.23. The van der Waals surface area contributed by atoms with Gasteiger partial charge >= 0.3 is 0 Å². The molecule has 1 aliphatic rings. The molecule has 0 spiro atoms. The summed E-state index contributed by atoms with van der Waals surface area (Å²) in [7, 11) is 0. The second kappa shape index (κ2) is 8.91. The number of aryl methyl sites for hydroxylation is 1. The lowest BCUT2D eigenvalue weighted by Crippen LogP contribution is -2.33. The third kappa shape index (κ3) is 5.01. The minimum absolute atomic E-state index is 0.0814. The van der Waals surface area contributed by atoms with Crippen LogP contribution in [0.3, 0.4) is 0 Å². The first-order valence-corrected chi connectivity index (χ1v) is 9.58. The average Bonchev–Trinajstić information content (AvgIpc) is 3.11. The van der Waals surface area contributed by atoms with Crippen LogP contribution in [0.25, 0.3) is 0 Å². The Kier molecular flexibility index (Phi) is 6.35. The summed E-state index contributed by atoms with van der Waals surface area (Å²) in [5.41, 5.74) is 3.26. The maximum absolute atomic E-state index is 12.4. The van der Waals surface area contributed by atoms with Crippen molar-refractivity contribution in [3.05, 3.63) is 53.6 Å². The number of nitrogens with one attached hydrogen (secondary N) is 2. The lowest BCUT2D eigenvalue weighted by molar-refractivity contribution is -0.115. The van der Waals surface area contributed by atoms with Gasteiger partial charge in [-0.25, -0.2) is 0 Å². The van der Waals surface area contributed by atoms with Crippen molar-refractivity contribution in [2.24, 2.45) is 5.92 Å². The number of rotatable bonds is 8. The standard InChI is InChI=1S/C22H28N2O3/c1-4-5-16-6-8-17(9-7-16)22(15(2)3)23-13-21(25)24-18-10-11-19-20(12-18)27-14-26-19/h6-12,15,22-23H,4-5,13-14H2,1-3H3,(H,24,25)/t22-/m0/s1. The van der Waals surface area contributed by atoms with Gasteiger partial charge in [0, 0.05) is 17.8 Å². The number of anilines is 1. The van der Waals surface area contributed by atoms with E-state index in [1.807, 2.05) is 6.07 Å². The highest BCUT2D eigenvalue weighted by Crippen LogP contribution is 2.34. The maximum Gasteiger partial charge on any atom is 0.238 e. The highest BCUT2D eigenvalue weighted by molar-refractivity contribution is 5.92. The highest BCUT2D eigenvalue weighted by atomic mass is 16.7. The van der Waals surface area contributed by atoms with E-state index in [1.54, 1.807) is 12.1 Å². The summed E-state index contributed by atoms with van der Waals surface area (Å²) in [4.78, 5) is 12.4. The topological polar surface area (TPSA) is 59.6 Å². The van der Waals surface area contributed by atoms with Crippen molar-refractivity contribution >= 4 is 11.6 Å². The van der Waals surface area contributed by atoms with Crippen LogP contribution in [0.5, 0.6) is 11.5 Å². The summed E-state index contributed by atoms with van der Waals surface area (Å²) < 4.78 is 10.6. The summed E-state index contributed by atoms with van der Waals surface area (Å²) in [5.74, 6) is 1.66. The van der Waals surface area contributed by atoms with Crippen molar-refractivity contribution in [2.75, 3.05) is 18.7 Å². The molecule has 3 rings (SSSR count). The fourth-order valence-corrected chi connectivity index (χ4v) is 3.30. The first kappa shape index (κ1) is 19.2. The summed E-state index contributed by atoms with van der Waals surface area (Å²) in [5, 5.41) is 6.30. The molecular weight excluding hydrogens is 340 g/mol. The highest BCUT2D eigenvalue weighted by Gasteiger charge is 2.18. The van der Waals surface area contributed by atoms with Gasteiger partial charge in [-0.15, -0.1) is 0 Å². The third-order valence-electron chi connectivity index (χ3n) is 4.68. The molecule has 0 aromatic heterocycles. The Morgan fingerprint density at radius 1 is 1.07 bits per heavy atom. The molecule has 1 heterocycles. The fourth-order valence-electron chi connectivity index (χ4n) is 3.30. The summed E-state index contributed by atoms with van der Waals surface area (Å²) in [6.07, 6.45) is 2.24. The number of amides is 1. The molecule has 0 bridgehead atoms. The molecule has 1 atom stereocenters. The van der Waals surface area contributed by atoms with Gasteiger partial charge in [-0.3, -0.25) is 4.79 Å². The molecule has 1 amide bonds. The number of ether oxygens (including phenoxy) is 2. The van der Waals surface area contributed by atoms with Gasteiger partial charge in [0.15, 0.2) is 11.5 Å². The number of benzene rings is 2. The lowest BCUT2D eigenvalue weighted by atomic mass is 9.94. The van der Waals surface area contributed by atoms with E-state index in [2.05, 4.69) is 55.7 Å². The number of carbonyl (C=O) groups is 1. The van der Waals surface area contributed by atoms with Crippen molar-refractivity contribution in [1.82, 2.24) is 5.32 Å². The fraction of sp³-hybridized carbons (Fsp3) is 0.409. The van der Waals surface area contributed by atoms with Gasteiger partial charge in [0.25, 0.3) is 0 Å². The molecule has 2 aromatic rings. The average molecular weight is 368 g/mol. The van der Waals surface area contributed by atoms with Crippen LogP contribution in [0.4, 0.5) is 5.69 Å². The predicted octanol–water partition coefficient (Wildman–Crippen LogP) is 4.29. The Labute approximate surface area is 161 Å². The van der Waals surface area contributed by atoms with Gasteiger partial charge in [-0.05, 0) is 35.6 Å². The van der Waals surface area contributed by atoms with Crippen LogP contribution in [0.1, 0.15) is 44.4 Å². The third-order valence-corrected chi connectivity index (χ3v) is 4.68. The first-order valence-electron chi connectivity index (χ1n) is 9.58. The Morgan fingerprint density at radius 2 is 1.81 bits per heavy atom. The van der Waals surface area contributed by atoms with Crippen molar-refractivity contribution < 1.29 is 14.3 Å². The quantitative estimate of drug-likeness (QED) is 0.730. The van der Waals surface area contributed by atoms with Gasteiger partial charge in [-0.1, -0.05) is 51.5 Å². The van der Waals surface area contributed by atoms with E-state index >= 15 is 0 Å². The normalized spacial score (nSPS) is 13.6. The van der Waals surface area contributed by atoms with Gasteiger partial charge in [0.1, 0.15) is 0 Å². The van der Waals surface area contributed by atoms with Crippen LogP contribution < -0.4 is 20.1 Å². The zero-order valence-corrected chi connectivity index (χ0v) is 16.2. The zero-order valence-electron chi connectivity index (χ0n) is 16.2. The van der Waals surface area contributed by atoms with E-state index in [0.29, 0.717) is 23.1 Å². The summed E-state index contributed by atoms with van der Waals surface area (Å²) >= 11 is 0. The Bertz CT molecular complexity index is 772. The summed E-state index contributed by atoms with van der Waals surface area (Å²) in [6.45, 7) is 6.97. The van der Waals surface area contributed by atoms with E-state index < -0.39 is 0 Å². The predicted molar refractivity (Wildman–Crippen MR) is 107 cm³/mol. The molecule has 0 saturated heterocycles. The van der Waals surface area contributed by atoms with E-state index in [1.165, 1.54) is 11.1 Å². The minimum Gasteiger partial charge on any atom is -0.454 e. The van der Waals surface area contributed by atoms with Gasteiger partial charge in [-0.2, -0.15) is 0 Å². The molecule has 1 aliphatic heterocycles. The monoisotopic (exact) mass is 368 g/mol. The van der Waals surface area contributed by atoms with E-state index in [9.17, 15) is 4.79 Å². The number of fused-ring (bicyclic) bond motifs is 1. The first-order chi connectivity index (χ1) is 13.1. The molecule has 27 heavy (non-hydrogen) atoms. The van der Waals surface area contributed by atoms with Crippen LogP contribution in [0.2, 0.25) is 0 Å². The molecule has 144 valence electrons. The zero-order chi connectivity index (χ0) is 19.2. The Balaban J connectivity index is 1.57. The molecule has 5 heteroatoms. The minimum atomic E-state index is -0.0814. The van der Waals surface area contributed by atoms with Crippen LogP contribution in [0, 0.1) is 5.92 Å². The molecular formula is C22H28N2O3. The second-order valence-electron chi connectivity index (χ2n) is 7.21. The molecule has 0 aliphatic carbocycles. The molecule has 0 unspecified atom stereocenters. The smallest absolute Gasteiger partial charge is 0.238 e. The maximum atomic E-state index is 12.4. The number of carbonyl (C=O) groups excluding carboxylic acids is 1. The van der Waals surface area contributed by atoms with Crippen LogP contribution in [0.15, 0.2) is 42.5 Å². The van der Waals surface area contributed by atoms with Crippen LogP contribution in [-0.4, -0.2) is 19.2 Å². The SMILES string of the molecule is CCCc1ccc([C@@H](NCC(=O)Nc2ccc3c(c2)OCO3)C(C)C)cc1. The number of hydrogen-bond acceptors (Lipinski definition) is 4. The van der Waals surface area contributed by atoms with E-state index in [4.69, 9.17) is 9.47 Å². The largest absolute Gasteiger partial charge is 0.454 e. The number of hydrogen-bond donors (Lipinski definition) is 2. The molecule has 0 saturated carbocycles. The molecule has 0 radical (unpaired) electrons. The van der Waals surface area contributed by atoms with Crippen molar-refractivity contribution in [3.8, 4) is 11.5 Å². The van der Waals surface area contributed by atoms with E-state index in [-0.39, 0.29) is 25.3 Å². The Hall–Kier alpha value is -2.53. The van der Waals surface area contributed by atoms with Crippen molar-refractivity contribution in [3.63, 3.8) is 0 Å². The molecule has 2 aromatic carbocycles. The van der Waals surface area contributed by atoms with Crippen molar-refractivity contribution in [2.45, 2.75) is 39.7 Å². The Morgan fingerprint density at radius 3 is 2.52 bits per heavy atom. The van der Waals surface area contributed by atoms with Crippen molar-refractivity contribution in [1.29, 1.82) is 0 Å². The van der Waals surface area contributed by atoms with Crippen LogP contribution in [-0.2, 0) is 11.2 Å². The van der Waals surface area contributed by atoms with Gasteiger partial charge in [0.2, 0.25) is 12.7 Å². The van der Waals surface area contributed by atoms with Crippen LogP contribution >= 0.6 is 0 Å². The molecule has 0 fully saturated rings.